The minimum Gasteiger partial charge on any atom is -0.489 e. The molecule has 0 aliphatic rings. The number of amidine groups is 1. The Balaban J connectivity index is 1.57. The van der Waals surface area contributed by atoms with E-state index in [9.17, 15) is 9.18 Å². The van der Waals surface area contributed by atoms with Gasteiger partial charge in [0, 0.05) is 10.6 Å². The number of oxime groups is 1. The molecule has 0 saturated carbocycles. The first-order chi connectivity index (χ1) is 13.9. The molecule has 2 N–H and O–H groups in total. The van der Waals surface area contributed by atoms with Crippen LogP contribution in [0.15, 0.2) is 71.9 Å². The summed E-state index contributed by atoms with van der Waals surface area (Å²) < 4.78 is 18.6. The molecule has 3 rings (SSSR count). The van der Waals surface area contributed by atoms with E-state index in [1.54, 1.807) is 36.4 Å². The third-order valence-electron chi connectivity index (χ3n) is 4.09. The Morgan fingerprint density at radius 3 is 2.34 bits per heavy atom. The minimum atomic E-state index is -0.657. The average Bonchev–Trinajstić information content (AvgIpc) is 2.73. The van der Waals surface area contributed by atoms with E-state index in [4.69, 9.17) is 26.9 Å². The van der Waals surface area contributed by atoms with Gasteiger partial charge < -0.3 is 15.3 Å². The van der Waals surface area contributed by atoms with Gasteiger partial charge in [-0.3, -0.25) is 0 Å². The van der Waals surface area contributed by atoms with Gasteiger partial charge in [0.1, 0.15) is 18.2 Å². The van der Waals surface area contributed by atoms with Crippen molar-refractivity contribution in [1.82, 2.24) is 0 Å². The zero-order valence-corrected chi connectivity index (χ0v) is 16.3. The van der Waals surface area contributed by atoms with E-state index < -0.39 is 11.8 Å². The number of aryl methyl sites for hydroxylation is 1. The fourth-order valence-corrected chi connectivity index (χ4v) is 2.54. The summed E-state index contributed by atoms with van der Waals surface area (Å²) in [5.41, 5.74) is 8.31. The molecule has 7 heteroatoms. The second kappa shape index (κ2) is 9.21. The van der Waals surface area contributed by atoms with E-state index in [-0.39, 0.29) is 5.84 Å². The summed E-state index contributed by atoms with van der Waals surface area (Å²) >= 11 is 6.00. The van der Waals surface area contributed by atoms with Crippen molar-refractivity contribution in [3.63, 3.8) is 0 Å². The molecule has 0 atom stereocenters. The van der Waals surface area contributed by atoms with Gasteiger partial charge >= 0.3 is 5.97 Å². The van der Waals surface area contributed by atoms with Crippen LogP contribution in [-0.2, 0) is 11.4 Å². The predicted molar refractivity (Wildman–Crippen MR) is 110 cm³/mol. The second-order valence-electron chi connectivity index (χ2n) is 6.26. The molecule has 148 valence electrons. The van der Waals surface area contributed by atoms with Crippen molar-refractivity contribution in [2.75, 3.05) is 0 Å². The van der Waals surface area contributed by atoms with Gasteiger partial charge in [-0.25, -0.2) is 9.18 Å². The van der Waals surface area contributed by atoms with Crippen molar-refractivity contribution in [2.24, 2.45) is 10.9 Å². The van der Waals surface area contributed by atoms with Crippen LogP contribution in [0.25, 0.3) is 0 Å². The molecular formula is C22H18ClFN2O3. The van der Waals surface area contributed by atoms with Crippen LogP contribution in [0, 0.1) is 12.7 Å². The largest absolute Gasteiger partial charge is 0.489 e. The van der Waals surface area contributed by atoms with Crippen LogP contribution in [0.4, 0.5) is 4.39 Å². The molecule has 0 aliphatic carbocycles. The molecule has 0 spiro atoms. The lowest BCUT2D eigenvalue weighted by molar-refractivity contribution is 0.0516. The van der Waals surface area contributed by atoms with Gasteiger partial charge in [-0.1, -0.05) is 28.9 Å². The number of ether oxygens (including phenoxy) is 1. The molecule has 0 saturated heterocycles. The molecule has 0 heterocycles. The number of halogens is 2. The monoisotopic (exact) mass is 412 g/mol. The van der Waals surface area contributed by atoms with Crippen LogP contribution in [0.3, 0.4) is 0 Å². The number of carbonyl (C=O) groups excluding carboxylic acids is 1. The molecule has 0 unspecified atom stereocenters. The highest BCUT2D eigenvalue weighted by Crippen LogP contribution is 2.22. The van der Waals surface area contributed by atoms with Gasteiger partial charge in [0.15, 0.2) is 5.84 Å². The quantitative estimate of drug-likeness (QED) is 0.272. The maximum absolute atomic E-state index is 12.9. The highest BCUT2D eigenvalue weighted by Gasteiger charge is 2.09. The highest BCUT2D eigenvalue weighted by molar-refractivity contribution is 6.31. The summed E-state index contributed by atoms with van der Waals surface area (Å²) in [5, 5.41) is 4.28. The van der Waals surface area contributed by atoms with Gasteiger partial charge in [-0.2, -0.15) is 0 Å². The SMILES string of the molecule is Cc1cc(OCc2ccc(C(=O)O/N=C(\N)c3ccc(F)cc3)cc2)ccc1Cl. The van der Waals surface area contributed by atoms with E-state index in [1.165, 1.54) is 24.3 Å². The normalized spacial score (nSPS) is 11.2. The van der Waals surface area contributed by atoms with E-state index in [2.05, 4.69) is 5.16 Å². The van der Waals surface area contributed by atoms with E-state index >= 15 is 0 Å². The zero-order valence-electron chi connectivity index (χ0n) is 15.6. The number of rotatable bonds is 6. The maximum Gasteiger partial charge on any atom is 0.365 e. The minimum absolute atomic E-state index is 0.0263. The van der Waals surface area contributed by atoms with Crippen molar-refractivity contribution in [1.29, 1.82) is 0 Å². The molecule has 0 radical (unpaired) electrons. The number of benzene rings is 3. The molecule has 0 amide bonds. The first-order valence-electron chi connectivity index (χ1n) is 8.71. The smallest absolute Gasteiger partial charge is 0.365 e. The summed E-state index contributed by atoms with van der Waals surface area (Å²) in [6, 6.07) is 17.5. The van der Waals surface area contributed by atoms with E-state index in [0.29, 0.717) is 28.5 Å². The molecule has 0 bridgehead atoms. The zero-order chi connectivity index (χ0) is 20.8. The highest BCUT2D eigenvalue weighted by atomic mass is 35.5. The lowest BCUT2D eigenvalue weighted by Crippen LogP contribution is -2.15. The first kappa shape index (κ1) is 20.4. The Labute approximate surface area is 172 Å². The number of hydrogen-bond acceptors (Lipinski definition) is 4. The number of hydrogen-bond donors (Lipinski definition) is 1. The summed E-state index contributed by atoms with van der Waals surface area (Å²) in [7, 11) is 0. The topological polar surface area (TPSA) is 73.9 Å². The molecule has 5 nitrogen and oxygen atoms in total. The third-order valence-corrected chi connectivity index (χ3v) is 4.52. The van der Waals surface area contributed by atoms with Gasteiger partial charge in [-0.15, -0.1) is 0 Å². The Hall–Kier alpha value is -3.38. The van der Waals surface area contributed by atoms with E-state index in [1.807, 2.05) is 13.0 Å². The van der Waals surface area contributed by atoms with Crippen molar-refractivity contribution in [3.8, 4) is 5.75 Å². The van der Waals surface area contributed by atoms with Crippen LogP contribution in [-0.4, -0.2) is 11.8 Å². The lowest BCUT2D eigenvalue weighted by Gasteiger charge is -2.08. The van der Waals surface area contributed by atoms with Crippen LogP contribution in [0.5, 0.6) is 5.75 Å². The molecule has 0 fully saturated rings. The van der Waals surface area contributed by atoms with Gasteiger partial charge in [0.25, 0.3) is 0 Å². The molecular weight excluding hydrogens is 395 g/mol. The van der Waals surface area contributed by atoms with E-state index in [0.717, 1.165) is 11.1 Å². The van der Waals surface area contributed by atoms with Crippen LogP contribution in [0.1, 0.15) is 27.0 Å². The summed E-state index contributed by atoms with van der Waals surface area (Å²) in [4.78, 5) is 17.0. The van der Waals surface area contributed by atoms with Crippen LogP contribution in [0.2, 0.25) is 5.02 Å². The van der Waals surface area contributed by atoms with Crippen LogP contribution < -0.4 is 10.5 Å². The molecule has 0 aromatic heterocycles. The van der Waals surface area contributed by atoms with Gasteiger partial charge in [-0.05, 0) is 72.6 Å². The summed E-state index contributed by atoms with van der Waals surface area (Å²) in [6.45, 7) is 2.24. The fraction of sp³-hybridized carbons (Fsp3) is 0.0909. The van der Waals surface area contributed by atoms with Crippen molar-refractivity contribution in [3.05, 3.63) is 99.8 Å². The van der Waals surface area contributed by atoms with Crippen molar-refractivity contribution >= 4 is 23.4 Å². The average molecular weight is 413 g/mol. The number of nitrogens with two attached hydrogens (primary N) is 1. The lowest BCUT2D eigenvalue weighted by atomic mass is 10.1. The maximum atomic E-state index is 12.9. The Morgan fingerprint density at radius 2 is 1.69 bits per heavy atom. The van der Waals surface area contributed by atoms with Crippen LogP contribution >= 0.6 is 11.6 Å². The molecule has 3 aromatic carbocycles. The molecule has 3 aromatic rings. The van der Waals surface area contributed by atoms with Crippen molar-refractivity contribution < 1.29 is 18.8 Å². The molecule has 0 aliphatic heterocycles. The Kier molecular flexibility index (Phi) is 6.46. The second-order valence-corrected chi connectivity index (χ2v) is 6.67. The standard InChI is InChI=1S/C22H18ClFN2O3/c1-14-12-19(10-11-20(14)23)28-13-15-2-4-17(5-3-15)22(27)29-26-21(25)16-6-8-18(24)9-7-16/h2-12H,13H2,1H3,(H2,25,26). The van der Waals surface area contributed by atoms with Crippen molar-refractivity contribution in [2.45, 2.75) is 13.5 Å². The number of nitrogens with zero attached hydrogens (tertiary/aromatic N) is 1. The Bertz CT molecular complexity index is 1030. The Morgan fingerprint density at radius 1 is 1.03 bits per heavy atom. The first-order valence-corrected chi connectivity index (χ1v) is 9.09. The van der Waals surface area contributed by atoms with Gasteiger partial charge in [0.05, 0.1) is 5.56 Å². The summed E-state index contributed by atoms with van der Waals surface area (Å²) in [6.07, 6.45) is 0. The number of carbonyl (C=O) groups is 1. The van der Waals surface area contributed by atoms with Gasteiger partial charge in [0.2, 0.25) is 0 Å². The fourth-order valence-electron chi connectivity index (χ4n) is 2.43. The predicted octanol–water partition coefficient (Wildman–Crippen LogP) is 4.84. The third kappa shape index (κ3) is 5.56. The summed E-state index contributed by atoms with van der Waals surface area (Å²) in [5.74, 6) is -0.368. The molecule has 29 heavy (non-hydrogen) atoms.